The number of aryl methyl sites for hydroxylation is 1. The minimum atomic E-state index is -0.464. The van der Waals surface area contributed by atoms with Crippen molar-refractivity contribution in [2.24, 2.45) is 12.5 Å². The summed E-state index contributed by atoms with van der Waals surface area (Å²) < 4.78 is 2.34. The van der Waals surface area contributed by atoms with Gasteiger partial charge in [-0.15, -0.1) is 5.10 Å². The molecular weight excluding hydrogens is 270 g/mol. The molecule has 0 bridgehead atoms. The first kappa shape index (κ1) is 12.0. The van der Waals surface area contributed by atoms with Gasteiger partial charge in [-0.1, -0.05) is 25.0 Å². The van der Waals surface area contributed by atoms with E-state index < -0.39 is 6.10 Å². The second kappa shape index (κ2) is 4.45. The van der Waals surface area contributed by atoms with E-state index in [-0.39, 0.29) is 5.41 Å². The van der Waals surface area contributed by atoms with Gasteiger partial charge in [-0.2, -0.15) is 0 Å². The van der Waals surface area contributed by atoms with Gasteiger partial charge in [0.2, 0.25) is 0 Å². The van der Waals surface area contributed by atoms with E-state index >= 15 is 0 Å². The standard InChI is InChI=1S/C11H18BrN3O/c1-3-11(6-4-5-7-11)9(16)8-10(12)13-14-15(8)2/h9,16H,3-7H2,1-2H3. The Labute approximate surface area is 104 Å². The third-order valence-electron chi connectivity index (χ3n) is 3.97. The van der Waals surface area contributed by atoms with Crippen LogP contribution in [0.25, 0.3) is 0 Å². The Balaban J connectivity index is 2.33. The predicted octanol–water partition coefficient (Wildman–Crippen LogP) is 2.58. The van der Waals surface area contributed by atoms with Crippen LogP contribution in [-0.4, -0.2) is 20.1 Å². The molecule has 1 aromatic heterocycles. The van der Waals surface area contributed by atoms with Crippen molar-refractivity contribution in [2.45, 2.75) is 45.1 Å². The van der Waals surface area contributed by atoms with E-state index in [2.05, 4.69) is 33.2 Å². The maximum atomic E-state index is 10.6. The van der Waals surface area contributed by atoms with Gasteiger partial charge in [0.15, 0.2) is 4.60 Å². The van der Waals surface area contributed by atoms with Crippen molar-refractivity contribution in [2.75, 3.05) is 0 Å². The quantitative estimate of drug-likeness (QED) is 0.930. The summed E-state index contributed by atoms with van der Waals surface area (Å²) in [5.74, 6) is 0. The van der Waals surface area contributed by atoms with Crippen molar-refractivity contribution in [3.63, 3.8) is 0 Å². The van der Waals surface area contributed by atoms with Gasteiger partial charge < -0.3 is 5.11 Å². The summed E-state index contributed by atoms with van der Waals surface area (Å²) in [6, 6.07) is 0. The van der Waals surface area contributed by atoms with Crippen LogP contribution < -0.4 is 0 Å². The van der Waals surface area contributed by atoms with Crippen LogP contribution in [0, 0.1) is 5.41 Å². The molecule has 1 fully saturated rings. The lowest BCUT2D eigenvalue weighted by atomic mass is 9.77. The third-order valence-corrected chi connectivity index (χ3v) is 4.53. The summed E-state index contributed by atoms with van der Waals surface area (Å²) >= 11 is 3.36. The molecule has 0 amide bonds. The van der Waals surface area contributed by atoms with Gasteiger partial charge >= 0.3 is 0 Å². The molecule has 1 N–H and O–H groups in total. The molecule has 0 saturated heterocycles. The van der Waals surface area contributed by atoms with Crippen LogP contribution in [0.2, 0.25) is 0 Å². The van der Waals surface area contributed by atoms with E-state index in [1.54, 1.807) is 4.68 Å². The largest absolute Gasteiger partial charge is 0.386 e. The number of hydrogen-bond acceptors (Lipinski definition) is 3. The van der Waals surface area contributed by atoms with Gasteiger partial charge in [0.1, 0.15) is 11.8 Å². The van der Waals surface area contributed by atoms with Gasteiger partial charge in [-0.25, -0.2) is 4.68 Å². The van der Waals surface area contributed by atoms with E-state index in [0.29, 0.717) is 4.60 Å². The summed E-state index contributed by atoms with van der Waals surface area (Å²) in [6.07, 6.45) is 5.17. The SMILES string of the molecule is CCC1(C(O)c2c(Br)nnn2C)CCCC1. The smallest absolute Gasteiger partial charge is 0.154 e. The van der Waals surface area contributed by atoms with Crippen LogP contribution in [-0.2, 0) is 7.05 Å². The van der Waals surface area contributed by atoms with E-state index in [0.717, 1.165) is 25.0 Å². The molecule has 90 valence electrons. The number of hydrogen-bond donors (Lipinski definition) is 1. The summed E-state index contributed by atoms with van der Waals surface area (Å²) in [5, 5.41) is 18.5. The van der Waals surface area contributed by atoms with Crippen molar-refractivity contribution >= 4 is 15.9 Å². The van der Waals surface area contributed by atoms with E-state index in [1.165, 1.54) is 12.8 Å². The Kier molecular flexibility index (Phi) is 3.35. The molecule has 0 aliphatic heterocycles. The Morgan fingerprint density at radius 2 is 2.12 bits per heavy atom. The molecule has 5 heteroatoms. The number of halogens is 1. The number of nitrogens with zero attached hydrogens (tertiary/aromatic N) is 3. The minimum absolute atomic E-state index is 0.0258. The molecule has 1 unspecified atom stereocenters. The Morgan fingerprint density at radius 3 is 2.56 bits per heavy atom. The molecule has 1 aromatic rings. The van der Waals surface area contributed by atoms with Gasteiger partial charge in [-0.05, 0) is 35.2 Å². The molecule has 16 heavy (non-hydrogen) atoms. The summed E-state index contributed by atoms with van der Waals surface area (Å²) in [7, 11) is 1.83. The highest BCUT2D eigenvalue weighted by Gasteiger charge is 2.42. The van der Waals surface area contributed by atoms with Crippen LogP contribution in [0.3, 0.4) is 0 Å². The van der Waals surface area contributed by atoms with Crippen molar-refractivity contribution < 1.29 is 5.11 Å². The molecular formula is C11H18BrN3O. The van der Waals surface area contributed by atoms with Gasteiger partial charge in [0.05, 0.1) is 0 Å². The summed E-state index contributed by atoms with van der Waals surface area (Å²) in [6.45, 7) is 2.16. The fourth-order valence-corrected chi connectivity index (χ4v) is 3.36. The third kappa shape index (κ3) is 1.80. The Bertz CT molecular complexity index is 352. The average molecular weight is 288 g/mol. The molecule has 2 rings (SSSR count). The monoisotopic (exact) mass is 287 g/mol. The molecule has 4 nitrogen and oxygen atoms in total. The highest BCUT2D eigenvalue weighted by molar-refractivity contribution is 9.10. The molecule has 0 spiro atoms. The van der Waals surface area contributed by atoms with Crippen LogP contribution in [0.5, 0.6) is 0 Å². The van der Waals surface area contributed by atoms with Crippen molar-refractivity contribution in [1.29, 1.82) is 0 Å². The lowest BCUT2D eigenvalue weighted by molar-refractivity contribution is 0.0172. The fraction of sp³-hybridized carbons (Fsp3) is 0.818. The topological polar surface area (TPSA) is 50.9 Å². The highest BCUT2D eigenvalue weighted by Crippen LogP contribution is 2.50. The number of rotatable bonds is 3. The summed E-state index contributed by atoms with van der Waals surface area (Å²) in [4.78, 5) is 0. The lowest BCUT2D eigenvalue weighted by Crippen LogP contribution is -2.27. The lowest BCUT2D eigenvalue weighted by Gasteiger charge is -2.33. The predicted molar refractivity (Wildman–Crippen MR) is 64.9 cm³/mol. The maximum Gasteiger partial charge on any atom is 0.154 e. The van der Waals surface area contributed by atoms with Crippen molar-refractivity contribution in [3.05, 3.63) is 10.3 Å². The maximum absolute atomic E-state index is 10.6. The fourth-order valence-electron chi connectivity index (χ4n) is 2.82. The highest BCUT2D eigenvalue weighted by atomic mass is 79.9. The van der Waals surface area contributed by atoms with Gasteiger partial charge in [0, 0.05) is 12.5 Å². The number of aromatic nitrogens is 3. The zero-order chi connectivity index (χ0) is 11.8. The first-order valence-corrected chi connectivity index (χ1v) is 6.63. The average Bonchev–Trinajstić information content (AvgIpc) is 2.86. The molecule has 1 saturated carbocycles. The first-order chi connectivity index (χ1) is 7.60. The molecule has 1 aliphatic rings. The zero-order valence-corrected chi connectivity index (χ0v) is 11.4. The van der Waals surface area contributed by atoms with E-state index in [4.69, 9.17) is 0 Å². The second-order valence-electron chi connectivity index (χ2n) is 4.71. The van der Waals surface area contributed by atoms with Crippen LogP contribution in [0.4, 0.5) is 0 Å². The van der Waals surface area contributed by atoms with Crippen LogP contribution >= 0.6 is 15.9 Å². The minimum Gasteiger partial charge on any atom is -0.386 e. The Hall–Kier alpha value is -0.420. The molecule has 1 atom stereocenters. The van der Waals surface area contributed by atoms with Crippen LogP contribution in [0.15, 0.2) is 4.60 Å². The van der Waals surface area contributed by atoms with Gasteiger partial charge in [-0.3, -0.25) is 0 Å². The van der Waals surface area contributed by atoms with E-state index in [9.17, 15) is 5.11 Å². The van der Waals surface area contributed by atoms with E-state index in [1.807, 2.05) is 7.05 Å². The van der Waals surface area contributed by atoms with Crippen molar-refractivity contribution in [3.8, 4) is 0 Å². The number of aliphatic hydroxyl groups excluding tert-OH is 1. The Morgan fingerprint density at radius 1 is 1.50 bits per heavy atom. The van der Waals surface area contributed by atoms with Crippen LogP contribution in [0.1, 0.15) is 50.8 Å². The first-order valence-electron chi connectivity index (χ1n) is 5.84. The van der Waals surface area contributed by atoms with Gasteiger partial charge in [0.25, 0.3) is 0 Å². The summed E-state index contributed by atoms with van der Waals surface area (Å²) in [5.41, 5.74) is 0.835. The number of aliphatic hydroxyl groups is 1. The normalized spacial score (nSPS) is 21.2. The zero-order valence-electron chi connectivity index (χ0n) is 9.78. The molecule has 1 aliphatic carbocycles. The van der Waals surface area contributed by atoms with Crippen molar-refractivity contribution in [1.82, 2.24) is 15.0 Å². The second-order valence-corrected chi connectivity index (χ2v) is 5.47. The molecule has 1 heterocycles. The molecule has 0 aromatic carbocycles. The molecule has 0 radical (unpaired) electrons.